The third-order valence-corrected chi connectivity index (χ3v) is 4.67. The van der Waals surface area contributed by atoms with Crippen LogP contribution in [0.4, 0.5) is 14.9 Å². The van der Waals surface area contributed by atoms with E-state index in [-0.39, 0.29) is 25.4 Å². The van der Waals surface area contributed by atoms with E-state index in [0.29, 0.717) is 15.9 Å². The van der Waals surface area contributed by atoms with Crippen LogP contribution >= 0.6 is 15.9 Å². The lowest BCUT2D eigenvalue weighted by molar-refractivity contribution is -0.129. The van der Waals surface area contributed by atoms with Crippen molar-refractivity contribution in [2.24, 2.45) is 0 Å². The largest absolute Gasteiger partial charge is 0.497 e. The van der Waals surface area contributed by atoms with E-state index in [1.165, 1.54) is 15.9 Å². The van der Waals surface area contributed by atoms with Crippen LogP contribution in [0.1, 0.15) is 12.0 Å². The summed E-state index contributed by atoms with van der Waals surface area (Å²) in [6.07, 6.45) is 0.194. The maximum absolute atomic E-state index is 13.8. The zero-order chi connectivity index (χ0) is 18.0. The molecule has 0 spiro atoms. The summed E-state index contributed by atoms with van der Waals surface area (Å²) >= 11 is 3.09. The fourth-order valence-electron chi connectivity index (χ4n) is 2.65. The first-order valence-corrected chi connectivity index (χ1v) is 8.48. The summed E-state index contributed by atoms with van der Waals surface area (Å²) in [6.45, 7) is 0.398. The topological polar surface area (TPSA) is 49.9 Å². The average molecular weight is 407 g/mol. The van der Waals surface area contributed by atoms with Crippen molar-refractivity contribution in [3.63, 3.8) is 0 Å². The molecular formula is C18H16BrFN2O3. The summed E-state index contributed by atoms with van der Waals surface area (Å²) in [5.74, 6) is 0.00516. The highest BCUT2D eigenvalue weighted by atomic mass is 79.9. The number of hydrogen-bond donors (Lipinski definition) is 0. The molecule has 2 aromatic carbocycles. The molecule has 25 heavy (non-hydrogen) atoms. The smallest absolute Gasteiger partial charge is 0.331 e. The Hall–Kier alpha value is -2.41. The molecule has 0 radical (unpaired) electrons. The number of methoxy groups -OCH3 is 1. The highest BCUT2D eigenvalue weighted by Gasteiger charge is 2.33. The minimum Gasteiger partial charge on any atom is -0.497 e. The first kappa shape index (κ1) is 17.4. The number of imide groups is 1. The van der Waals surface area contributed by atoms with Gasteiger partial charge >= 0.3 is 6.03 Å². The molecule has 0 atom stereocenters. The van der Waals surface area contributed by atoms with E-state index >= 15 is 0 Å². The van der Waals surface area contributed by atoms with Crippen LogP contribution in [0, 0.1) is 5.82 Å². The maximum atomic E-state index is 13.8. The quantitative estimate of drug-likeness (QED) is 0.771. The van der Waals surface area contributed by atoms with Crippen molar-refractivity contribution < 1.29 is 18.7 Å². The van der Waals surface area contributed by atoms with Crippen LogP contribution in [-0.2, 0) is 11.3 Å². The second-order valence-corrected chi connectivity index (χ2v) is 6.46. The van der Waals surface area contributed by atoms with Crippen LogP contribution in [-0.4, -0.2) is 30.5 Å². The molecule has 5 nitrogen and oxygen atoms in total. The van der Waals surface area contributed by atoms with Gasteiger partial charge in [0.2, 0.25) is 5.91 Å². The zero-order valence-corrected chi connectivity index (χ0v) is 15.1. The molecule has 1 heterocycles. The van der Waals surface area contributed by atoms with Gasteiger partial charge in [0.15, 0.2) is 0 Å². The number of ether oxygens (including phenoxy) is 1. The Labute approximate surface area is 153 Å². The predicted octanol–water partition coefficient (Wildman–Crippen LogP) is 3.96. The molecular weight excluding hydrogens is 391 g/mol. The van der Waals surface area contributed by atoms with E-state index in [9.17, 15) is 14.0 Å². The lowest BCUT2D eigenvalue weighted by Crippen LogP contribution is -2.52. The number of amides is 3. The van der Waals surface area contributed by atoms with E-state index in [1.54, 1.807) is 43.5 Å². The number of hydrogen-bond acceptors (Lipinski definition) is 3. The Bertz CT molecular complexity index is 810. The second kappa shape index (κ2) is 7.23. The standard InChI is InChI=1S/C18H16BrFN2O3/c1-25-14-5-2-12(3-6-14)11-22-17(23)8-9-21(18(22)24)13-4-7-15(19)16(20)10-13/h2-7,10H,8-9,11H2,1H3. The maximum Gasteiger partial charge on any atom is 0.331 e. The molecule has 3 amide bonds. The number of rotatable bonds is 4. The number of halogens is 2. The van der Waals surface area contributed by atoms with E-state index in [2.05, 4.69) is 15.9 Å². The molecule has 0 aromatic heterocycles. The van der Waals surface area contributed by atoms with Gasteiger partial charge < -0.3 is 4.74 Å². The molecule has 1 saturated heterocycles. The van der Waals surface area contributed by atoms with Gasteiger partial charge in [-0.1, -0.05) is 12.1 Å². The molecule has 0 N–H and O–H groups in total. The number of urea groups is 1. The van der Waals surface area contributed by atoms with Crippen LogP contribution < -0.4 is 9.64 Å². The summed E-state index contributed by atoms with van der Waals surface area (Å²) in [6, 6.07) is 11.2. The summed E-state index contributed by atoms with van der Waals surface area (Å²) in [5, 5.41) is 0. The lowest BCUT2D eigenvalue weighted by atomic mass is 10.1. The molecule has 1 aliphatic rings. The van der Waals surface area contributed by atoms with Gasteiger partial charge in [-0.15, -0.1) is 0 Å². The van der Waals surface area contributed by atoms with Gasteiger partial charge in [0.25, 0.3) is 0 Å². The average Bonchev–Trinajstić information content (AvgIpc) is 2.62. The van der Waals surface area contributed by atoms with Crippen LogP contribution in [0.25, 0.3) is 0 Å². The molecule has 1 aliphatic heterocycles. The van der Waals surface area contributed by atoms with Crippen LogP contribution in [0.3, 0.4) is 0 Å². The van der Waals surface area contributed by atoms with Crippen LogP contribution in [0.2, 0.25) is 0 Å². The fraction of sp³-hybridized carbons (Fsp3) is 0.222. The lowest BCUT2D eigenvalue weighted by Gasteiger charge is -2.34. The summed E-state index contributed by atoms with van der Waals surface area (Å²) in [4.78, 5) is 27.5. The van der Waals surface area contributed by atoms with Crippen LogP contribution in [0.15, 0.2) is 46.9 Å². The number of benzene rings is 2. The normalized spacial score (nSPS) is 14.8. The minimum absolute atomic E-state index is 0.164. The SMILES string of the molecule is COc1ccc(CN2C(=O)CCN(c3ccc(Br)c(F)c3)C2=O)cc1. The Balaban J connectivity index is 1.81. The van der Waals surface area contributed by atoms with E-state index in [4.69, 9.17) is 4.74 Å². The monoisotopic (exact) mass is 406 g/mol. The van der Waals surface area contributed by atoms with Gasteiger partial charge in [0.1, 0.15) is 11.6 Å². The van der Waals surface area contributed by atoms with Gasteiger partial charge in [0, 0.05) is 18.7 Å². The van der Waals surface area contributed by atoms with Crippen LogP contribution in [0.5, 0.6) is 5.75 Å². The van der Waals surface area contributed by atoms with Gasteiger partial charge in [-0.25, -0.2) is 9.18 Å². The highest BCUT2D eigenvalue weighted by Crippen LogP contribution is 2.26. The Morgan fingerprint density at radius 3 is 2.52 bits per heavy atom. The van der Waals surface area contributed by atoms with E-state index in [1.807, 2.05) is 0 Å². The third-order valence-electron chi connectivity index (χ3n) is 4.03. The third kappa shape index (κ3) is 3.66. The Morgan fingerprint density at radius 2 is 1.88 bits per heavy atom. The molecule has 1 fully saturated rings. The van der Waals surface area contributed by atoms with E-state index < -0.39 is 11.8 Å². The molecule has 0 aliphatic carbocycles. The molecule has 7 heteroatoms. The first-order chi connectivity index (χ1) is 12.0. The van der Waals surface area contributed by atoms with Crippen molar-refractivity contribution in [2.45, 2.75) is 13.0 Å². The number of carbonyl (C=O) groups is 2. The Morgan fingerprint density at radius 1 is 1.16 bits per heavy atom. The minimum atomic E-state index is -0.455. The van der Waals surface area contributed by atoms with Crippen molar-refractivity contribution in [3.05, 3.63) is 58.3 Å². The number of nitrogens with zero attached hydrogens (tertiary/aromatic N) is 2. The van der Waals surface area contributed by atoms with Gasteiger partial charge in [-0.05, 0) is 51.8 Å². The van der Waals surface area contributed by atoms with Crippen molar-refractivity contribution >= 4 is 33.6 Å². The first-order valence-electron chi connectivity index (χ1n) is 7.69. The van der Waals surface area contributed by atoms with Gasteiger partial charge in [0.05, 0.1) is 18.1 Å². The second-order valence-electron chi connectivity index (χ2n) is 5.61. The molecule has 130 valence electrons. The number of carbonyl (C=O) groups excluding carboxylic acids is 2. The van der Waals surface area contributed by atoms with E-state index in [0.717, 1.165) is 5.56 Å². The Kier molecular flexibility index (Phi) is 5.03. The number of anilines is 1. The summed E-state index contributed by atoms with van der Waals surface area (Å²) in [5.41, 5.74) is 1.24. The van der Waals surface area contributed by atoms with Crippen molar-refractivity contribution in [2.75, 3.05) is 18.6 Å². The highest BCUT2D eigenvalue weighted by molar-refractivity contribution is 9.10. The molecule has 2 aromatic rings. The zero-order valence-electron chi connectivity index (χ0n) is 13.5. The van der Waals surface area contributed by atoms with Crippen molar-refractivity contribution in [1.29, 1.82) is 0 Å². The summed E-state index contributed by atoms with van der Waals surface area (Å²) < 4.78 is 19.2. The van der Waals surface area contributed by atoms with Crippen molar-refractivity contribution in [1.82, 2.24) is 4.90 Å². The predicted molar refractivity (Wildman–Crippen MR) is 95.0 cm³/mol. The van der Waals surface area contributed by atoms with Gasteiger partial charge in [-0.3, -0.25) is 14.6 Å². The summed E-state index contributed by atoms with van der Waals surface area (Å²) in [7, 11) is 1.57. The molecule has 3 rings (SSSR count). The molecule has 0 unspecified atom stereocenters. The van der Waals surface area contributed by atoms with Gasteiger partial charge in [-0.2, -0.15) is 0 Å². The molecule has 0 saturated carbocycles. The molecule has 0 bridgehead atoms. The fourth-order valence-corrected chi connectivity index (χ4v) is 2.90. The van der Waals surface area contributed by atoms with Crippen molar-refractivity contribution in [3.8, 4) is 5.75 Å².